The van der Waals surface area contributed by atoms with Gasteiger partial charge in [-0.3, -0.25) is 4.79 Å². The standard InChI is InChI=1S/C29H41NO3/c1-9-18-33-27-21(14-17-24(31)20-12-15-22(30-8)16-13-20)19-23(28(4,5)10-2)26(32)25(27)29(6,7)11-3/h12-17,19,30,32H,9-11,18H2,1-8H3/b17-14+. The number of hydrogen-bond acceptors (Lipinski definition) is 4. The number of nitrogens with one attached hydrogen (secondary N) is 1. The molecule has 0 bridgehead atoms. The third-order valence-electron chi connectivity index (χ3n) is 6.78. The van der Waals surface area contributed by atoms with E-state index >= 15 is 0 Å². The van der Waals surface area contributed by atoms with Gasteiger partial charge in [0, 0.05) is 35.0 Å². The minimum atomic E-state index is -0.289. The number of ketones is 1. The van der Waals surface area contributed by atoms with Crippen molar-refractivity contribution in [3.05, 3.63) is 58.7 Å². The fraction of sp³-hybridized carbons (Fsp3) is 0.483. The summed E-state index contributed by atoms with van der Waals surface area (Å²) in [5, 5.41) is 14.5. The molecule has 33 heavy (non-hydrogen) atoms. The number of allylic oxidation sites excluding steroid dienone is 1. The Morgan fingerprint density at radius 2 is 1.64 bits per heavy atom. The number of phenols is 1. The molecule has 0 unspecified atom stereocenters. The molecule has 0 aliphatic rings. The SMILES string of the molecule is CCCOc1c(/C=C/C(=O)c2ccc(NC)cc2)cc(C(C)(C)CC)c(O)c1C(C)(C)CC. The molecular weight excluding hydrogens is 410 g/mol. The molecule has 2 rings (SSSR count). The van der Waals surface area contributed by atoms with Crippen molar-refractivity contribution in [2.75, 3.05) is 19.0 Å². The van der Waals surface area contributed by atoms with E-state index in [1.807, 2.05) is 43.5 Å². The fourth-order valence-corrected chi connectivity index (χ4v) is 3.73. The van der Waals surface area contributed by atoms with E-state index in [2.05, 4.69) is 53.8 Å². The van der Waals surface area contributed by atoms with Crippen LogP contribution in [0.1, 0.15) is 94.8 Å². The summed E-state index contributed by atoms with van der Waals surface area (Å²) in [7, 11) is 1.85. The van der Waals surface area contributed by atoms with E-state index in [0.717, 1.165) is 41.6 Å². The number of benzene rings is 2. The van der Waals surface area contributed by atoms with Gasteiger partial charge in [0.05, 0.1) is 6.61 Å². The summed E-state index contributed by atoms with van der Waals surface area (Å²) < 4.78 is 6.23. The first-order valence-electron chi connectivity index (χ1n) is 12.1. The zero-order valence-electron chi connectivity index (χ0n) is 21.6. The van der Waals surface area contributed by atoms with Crippen LogP contribution in [-0.4, -0.2) is 24.5 Å². The first-order chi connectivity index (χ1) is 15.5. The smallest absolute Gasteiger partial charge is 0.185 e. The summed E-state index contributed by atoms with van der Waals surface area (Å²) in [5.41, 5.74) is 3.61. The number of phenolic OH excluding ortho intramolecular Hbond substituents is 1. The molecule has 0 amide bonds. The second-order valence-electron chi connectivity index (χ2n) is 9.91. The van der Waals surface area contributed by atoms with Gasteiger partial charge in [-0.2, -0.15) is 0 Å². The molecule has 2 aromatic rings. The molecule has 4 nitrogen and oxygen atoms in total. The Morgan fingerprint density at radius 1 is 1.03 bits per heavy atom. The molecule has 0 heterocycles. The highest BCUT2D eigenvalue weighted by atomic mass is 16.5. The van der Waals surface area contributed by atoms with Crippen LogP contribution in [0.5, 0.6) is 11.5 Å². The monoisotopic (exact) mass is 451 g/mol. The Morgan fingerprint density at radius 3 is 2.15 bits per heavy atom. The highest BCUT2D eigenvalue weighted by Crippen LogP contribution is 2.48. The van der Waals surface area contributed by atoms with Crippen molar-refractivity contribution >= 4 is 17.5 Å². The van der Waals surface area contributed by atoms with Gasteiger partial charge in [-0.05, 0) is 72.6 Å². The van der Waals surface area contributed by atoms with Gasteiger partial charge in [-0.15, -0.1) is 0 Å². The summed E-state index contributed by atoms with van der Waals surface area (Å²) in [6.45, 7) is 15.4. The van der Waals surface area contributed by atoms with E-state index in [1.165, 1.54) is 0 Å². The quantitative estimate of drug-likeness (QED) is 0.274. The highest BCUT2D eigenvalue weighted by molar-refractivity contribution is 6.07. The predicted octanol–water partition coefficient (Wildman–Crippen LogP) is 7.49. The van der Waals surface area contributed by atoms with E-state index in [0.29, 0.717) is 23.7 Å². The van der Waals surface area contributed by atoms with Crippen LogP contribution in [0.4, 0.5) is 5.69 Å². The van der Waals surface area contributed by atoms with Crippen LogP contribution < -0.4 is 10.1 Å². The number of aromatic hydroxyl groups is 1. The number of hydrogen-bond donors (Lipinski definition) is 2. The van der Waals surface area contributed by atoms with Gasteiger partial charge in [0.2, 0.25) is 0 Å². The van der Waals surface area contributed by atoms with Crippen molar-refractivity contribution in [2.45, 2.75) is 78.6 Å². The second kappa shape index (κ2) is 10.9. The molecule has 2 N–H and O–H groups in total. The van der Waals surface area contributed by atoms with Gasteiger partial charge in [-0.1, -0.05) is 48.5 Å². The van der Waals surface area contributed by atoms with Crippen molar-refractivity contribution in [1.82, 2.24) is 0 Å². The molecule has 0 saturated heterocycles. The zero-order valence-corrected chi connectivity index (χ0v) is 21.6. The molecule has 0 spiro atoms. The minimum absolute atomic E-state index is 0.0697. The summed E-state index contributed by atoms with van der Waals surface area (Å²) in [6.07, 6.45) is 6.02. The van der Waals surface area contributed by atoms with Gasteiger partial charge in [0.25, 0.3) is 0 Å². The normalized spacial score (nSPS) is 12.2. The van der Waals surface area contributed by atoms with Gasteiger partial charge >= 0.3 is 0 Å². The number of carbonyl (C=O) groups excluding carboxylic acids is 1. The van der Waals surface area contributed by atoms with Crippen molar-refractivity contribution in [2.24, 2.45) is 0 Å². The fourth-order valence-electron chi connectivity index (χ4n) is 3.73. The van der Waals surface area contributed by atoms with Crippen LogP contribution in [0, 0.1) is 0 Å². The Balaban J connectivity index is 2.69. The Kier molecular flexibility index (Phi) is 8.76. The van der Waals surface area contributed by atoms with Gasteiger partial charge in [0.15, 0.2) is 5.78 Å². The van der Waals surface area contributed by atoms with Crippen molar-refractivity contribution in [3.63, 3.8) is 0 Å². The van der Waals surface area contributed by atoms with Crippen LogP contribution in [0.25, 0.3) is 6.08 Å². The Bertz CT molecular complexity index is 985. The van der Waals surface area contributed by atoms with Crippen LogP contribution in [0.2, 0.25) is 0 Å². The second-order valence-corrected chi connectivity index (χ2v) is 9.91. The molecule has 0 saturated carbocycles. The lowest BCUT2D eigenvalue weighted by Crippen LogP contribution is -2.22. The van der Waals surface area contributed by atoms with E-state index in [9.17, 15) is 9.90 Å². The van der Waals surface area contributed by atoms with Crippen molar-refractivity contribution in [3.8, 4) is 11.5 Å². The van der Waals surface area contributed by atoms with E-state index in [-0.39, 0.29) is 16.6 Å². The summed E-state index contributed by atoms with van der Waals surface area (Å²) in [6, 6.07) is 9.41. The molecule has 180 valence electrons. The molecule has 0 aliphatic carbocycles. The molecule has 0 radical (unpaired) electrons. The predicted molar refractivity (Wildman–Crippen MR) is 140 cm³/mol. The molecule has 0 aromatic heterocycles. The lowest BCUT2D eigenvalue weighted by molar-refractivity contribution is 0.104. The number of ether oxygens (including phenoxy) is 1. The molecule has 4 heteroatoms. The topological polar surface area (TPSA) is 58.6 Å². The maximum Gasteiger partial charge on any atom is 0.185 e. The van der Waals surface area contributed by atoms with Gasteiger partial charge < -0.3 is 15.2 Å². The average molecular weight is 452 g/mol. The molecule has 0 atom stereocenters. The third-order valence-corrected chi connectivity index (χ3v) is 6.78. The highest BCUT2D eigenvalue weighted by Gasteiger charge is 2.33. The first kappa shape index (κ1) is 26.5. The number of rotatable bonds is 11. The van der Waals surface area contributed by atoms with E-state index < -0.39 is 0 Å². The lowest BCUT2D eigenvalue weighted by atomic mass is 9.74. The van der Waals surface area contributed by atoms with E-state index in [1.54, 1.807) is 6.08 Å². The van der Waals surface area contributed by atoms with Crippen LogP contribution in [-0.2, 0) is 10.8 Å². The zero-order chi connectivity index (χ0) is 24.8. The van der Waals surface area contributed by atoms with E-state index in [4.69, 9.17) is 4.74 Å². The maximum absolute atomic E-state index is 12.9. The molecule has 0 aliphatic heterocycles. The molecule has 2 aromatic carbocycles. The Hall–Kier alpha value is -2.75. The summed E-state index contributed by atoms with van der Waals surface area (Å²) in [5.74, 6) is 0.914. The first-order valence-corrected chi connectivity index (χ1v) is 12.1. The lowest BCUT2D eigenvalue weighted by Gasteiger charge is -2.33. The maximum atomic E-state index is 12.9. The average Bonchev–Trinajstić information content (AvgIpc) is 2.81. The van der Waals surface area contributed by atoms with Crippen LogP contribution in [0.3, 0.4) is 0 Å². The minimum Gasteiger partial charge on any atom is -0.507 e. The largest absolute Gasteiger partial charge is 0.507 e. The number of carbonyl (C=O) groups is 1. The Labute approximate surface area is 200 Å². The van der Waals surface area contributed by atoms with Crippen molar-refractivity contribution in [1.29, 1.82) is 0 Å². The third kappa shape index (κ3) is 5.98. The van der Waals surface area contributed by atoms with Gasteiger partial charge in [0.1, 0.15) is 11.5 Å². The van der Waals surface area contributed by atoms with Crippen molar-refractivity contribution < 1.29 is 14.6 Å². The summed E-state index contributed by atoms with van der Waals surface area (Å²) in [4.78, 5) is 12.9. The molecular formula is C29H41NO3. The van der Waals surface area contributed by atoms with Crippen LogP contribution in [0.15, 0.2) is 36.4 Å². The van der Waals surface area contributed by atoms with Crippen LogP contribution >= 0.6 is 0 Å². The van der Waals surface area contributed by atoms with Gasteiger partial charge in [-0.25, -0.2) is 0 Å². The molecule has 0 fully saturated rings. The summed E-state index contributed by atoms with van der Waals surface area (Å²) >= 11 is 0. The number of anilines is 1.